The Hall–Kier alpha value is -2.31. The van der Waals surface area contributed by atoms with Gasteiger partial charge in [0.05, 0.1) is 12.5 Å². The Balaban J connectivity index is 1.48. The van der Waals surface area contributed by atoms with Gasteiger partial charge in [-0.05, 0) is 24.6 Å². The molecule has 1 atom stereocenters. The fourth-order valence-corrected chi connectivity index (χ4v) is 3.88. The van der Waals surface area contributed by atoms with E-state index < -0.39 is 0 Å². The fourth-order valence-electron chi connectivity index (χ4n) is 2.88. The van der Waals surface area contributed by atoms with Crippen LogP contribution in [0.15, 0.2) is 65.8 Å². The molecule has 0 amide bonds. The van der Waals surface area contributed by atoms with E-state index in [1.807, 2.05) is 30.3 Å². The summed E-state index contributed by atoms with van der Waals surface area (Å²) in [7, 11) is 0. The van der Waals surface area contributed by atoms with Crippen molar-refractivity contribution in [2.24, 2.45) is 0 Å². The molecule has 128 valence electrons. The Labute approximate surface area is 151 Å². The van der Waals surface area contributed by atoms with Crippen LogP contribution in [0.4, 0.5) is 0 Å². The molecule has 25 heavy (non-hydrogen) atoms. The van der Waals surface area contributed by atoms with Crippen molar-refractivity contribution >= 4 is 11.8 Å². The number of fused-ring (bicyclic) bond motifs is 1. The Morgan fingerprint density at radius 2 is 1.76 bits per heavy atom. The van der Waals surface area contributed by atoms with Crippen LogP contribution in [-0.4, -0.2) is 25.5 Å². The normalized spacial score (nSPS) is 15.6. The lowest BCUT2D eigenvalue weighted by Crippen LogP contribution is -2.33. The SMILES string of the molecule is C[C@@H](c1ccccc1)N1CSc2nnc(COc3ccccc3)n2C1. The molecule has 0 aliphatic carbocycles. The molecule has 1 aromatic heterocycles. The highest BCUT2D eigenvalue weighted by Gasteiger charge is 2.25. The third-order valence-corrected chi connectivity index (χ3v) is 5.44. The van der Waals surface area contributed by atoms with E-state index in [0.717, 1.165) is 29.3 Å². The molecule has 0 N–H and O–H groups in total. The lowest BCUT2D eigenvalue weighted by Gasteiger charge is -2.33. The minimum Gasteiger partial charge on any atom is -0.486 e. The summed E-state index contributed by atoms with van der Waals surface area (Å²) in [6.45, 7) is 3.44. The third kappa shape index (κ3) is 3.55. The standard InChI is InChI=1S/C19H20N4OS/c1-15(16-8-4-2-5-9-16)22-13-23-18(20-21-19(23)25-14-22)12-24-17-10-6-3-7-11-17/h2-11,15H,12-14H2,1H3/t15-/m0/s1. The van der Waals surface area contributed by atoms with Crippen molar-refractivity contribution in [2.75, 3.05) is 5.88 Å². The van der Waals surface area contributed by atoms with Crippen molar-refractivity contribution in [3.8, 4) is 5.75 Å². The first-order valence-electron chi connectivity index (χ1n) is 8.33. The van der Waals surface area contributed by atoms with Gasteiger partial charge in [0.15, 0.2) is 11.0 Å². The van der Waals surface area contributed by atoms with Gasteiger partial charge in [0.2, 0.25) is 0 Å². The lowest BCUT2D eigenvalue weighted by atomic mass is 10.1. The van der Waals surface area contributed by atoms with Gasteiger partial charge >= 0.3 is 0 Å². The summed E-state index contributed by atoms with van der Waals surface area (Å²) < 4.78 is 8.00. The summed E-state index contributed by atoms with van der Waals surface area (Å²) in [5.74, 6) is 2.61. The van der Waals surface area contributed by atoms with Crippen molar-refractivity contribution < 1.29 is 4.74 Å². The van der Waals surface area contributed by atoms with E-state index >= 15 is 0 Å². The Morgan fingerprint density at radius 3 is 2.52 bits per heavy atom. The topological polar surface area (TPSA) is 43.2 Å². The predicted octanol–water partition coefficient (Wildman–Crippen LogP) is 3.94. The number of rotatable bonds is 5. The largest absolute Gasteiger partial charge is 0.486 e. The van der Waals surface area contributed by atoms with Crippen LogP contribution in [-0.2, 0) is 13.3 Å². The molecular weight excluding hydrogens is 332 g/mol. The number of hydrogen-bond acceptors (Lipinski definition) is 5. The first-order valence-corrected chi connectivity index (χ1v) is 9.31. The summed E-state index contributed by atoms with van der Waals surface area (Å²) >= 11 is 1.72. The molecule has 0 saturated heterocycles. The number of para-hydroxylation sites is 1. The van der Waals surface area contributed by atoms with Crippen LogP contribution in [0.2, 0.25) is 0 Å². The molecule has 0 unspecified atom stereocenters. The van der Waals surface area contributed by atoms with Gasteiger partial charge in [-0.2, -0.15) is 0 Å². The van der Waals surface area contributed by atoms with Gasteiger partial charge in [0.25, 0.3) is 0 Å². The molecule has 2 heterocycles. The maximum Gasteiger partial charge on any atom is 0.193 e. The predicted molar refractivity (Wildman–Crippen MR) is 98.2 cm³/mol. The number of hydrogen-bond donors (Lipinski definition) is 0. The fraction of sp³-hybridized carbons (Fsp3) is 0.263. The van der Waals surface area contributed by atoms with E-state index in [4.69, 9.17) is 4.74 Å². The van der Waals surface area contributed by atoms with Gasteiger partial charge < -0.3 is 4.74 Å². The van der Waals surface area contributed by atoms with E-state index in [9.17, 15) is 0 Å². The first-order chi connectivity index (χ1) is 12.3. The van der Waals surface area contributed by atoms with E-state index in [0.29, 0.717) is 12.6 Å². The van der Waals surface area contributed by atoms with Crippen LogP contribution in [0, 0.1) is 0 Å². The summed E-state index contributed by atoms with van der Waals surface area (Å²) in [6, 6.07) is 20.7. The molecule has 2 aromatic carbocycles. The number of thioether (sulfide) groups is 1. The summed E-state index contributed by atoms with van der Waals surface area (Å²) in [6.07, 6.45) is 0. The average Bonchev–Trinajstić information content (AvgIpc) is 3.09. The van der Waals surface area contributed by atoms with Crippen molar-refractivity contribution in [3.05, 3.63) is 72.1 Å². The van der Waals surface area contributed by atoms with Crippen molar-refractivity contribution in [1.82, 2.24) is 19.7 Å². The smallest absolute Gasteiger partial charge is 0.193 e. The van der Waals surface area contributed by atoms with Gasteiger partial charge in [-0.1, -0.05) is 60.3 Å². The number of aromatic nitrogens is 3. The van der Waals surface area contributed by atoms with E-state index in [1.165, 1.54) is 5.56 Å². The highest BCUT2D eigenvalue weighted by atomic mass is 32.2. The second-order valence-corrected chi connectivity index (χ2v) is 6.93. The van der Waals surface area contributed by atoms with Crippen LogP contribution in [0.25, 0.3) is 0 Å². The van der Waals surface area contributed by atoms with Crippen LogP contribution in [0.5, 0.6) is 5.75 Å². The Bertz CT molecular complexity index is 822. The van der Waals surface area contributed by atoms with Crippen molar-refractivity contribution in [2.45, 2.75) is 31.4 Å². The van der Waals surface area contributed by atoms with Crippen LogP contribution >= 0.6 is 11.8 Å². The third-order valence-electron chi connectivity index (χ3n) is 4.42. The molecule has 3 aromatic rings. The van der Waals surface area contributed by atoms with Gasteiger partial charge in [-0.3, -0.25) is 9.47 Å². The van der Waals surface area contributed by atoms with E-state index in [-0.39, 0.29) is 0 Å². The van der Waals surface area contributed by atoms with E-state index in [1.54, 1.807) is 11.8 Å². The van der Waals surface area contributed by atoms with Gasteiger partial charge in [0.1, 0.15) is 12.4 Å². The monoisotopic (exact) mass is 352 g/mol. The maximum atomic E-state index is 5.85. The highest BCUT2D eigenvalue weighted by molar-refractivity contribution is 7.99. The minimum atomic E-state index is 0.340. The zero-order valence-electron chi connectivity index (χ0n) is 14.1. The maximum absolute atomic E-state index is 5.85. The lowest BCUT2D eigenvalue weighted by molar-refractivity contribution is 0.172. The Kier molecular flexibility index (Phi) is 4.72. The summed E-state index contributed by atoms with van der Waals surface area (Å²) in [5, 5.41) is 9.59. The molecule has 1 aliphatic rings. The highest BCUT2D eigenvalue weighted by Crippen LogP contribution is 2.31. The van der Waals surface area contributed by atoms with Gasteiger partial charge in [0, 0.05) is 6.04 Å². The summed E-state index contributed by atoms with van der Waals surface area (Å²) in [4.78, 5) is 2.42. The zero-order valence-corrected chi connectivity index (χ0v) is 14.9. The average molecular weight is 352 g/mol. The molecule has 0 saturated carbocycles. The molecule has 5 nitrogen and oxygen atoms in total. The van der Waals surface area contributed by atoms with Crippen LogP contribution in [0.3, 0.4) is 0 Å². The second-order valence-electron chi connectivity index (χ2n) is 6.02. The molecular formula is C19H20N4OS. The molecule has 0 radical (unpaired) electrons. The van der Waals surface area contributed by atoms with Gasteiger partial charge in [-0.25, -0.2) is 0 Å². The first kappa shape index (κ1) is 16.2. The van der Waals surface area contributed by atoms with Crippen molar-refractivity contribution in [3.63, 3.8) is 0 Å². The molecule has 0 bridgehead atoms. The number of nitrogens with zero attached hydrogens (tertiary/aromatic N) is 4. The number of ether oxygens (including phenoxy) is 1. The quantitative estimate of drug-likeness (QED) is 0.696. The van der Waals surface area contributed by atoms with E-state index in [2.05, 4.69) is 56.9 Å². The minimum absolute atomic E-state index is 0.340. The van der Waals surface area contributed by atoms with Crippen LogP contribution in [0.1, 0.15) is 24.4 Å². The van der Waals surface area contributed by atoms with Gasteiger partial charge in [-0.15, -0.1) is 10.2 Å². The summed E-state index contributed by atoms with van der Waals surface area (Å²) in [5.41, 5.74) is 1.32. The Morgan fingerprint density at radius 1 is 1.04 bits per heavy atom. The zero-order chi connectivity index (χ0) is 17.1. The molecule has 6 heteroatoms. The molecule has 1 aliphatic heterocycles. The molecule has 0 spiro atoms. The van der Waals surface area contributed by atoms with Crippen molar-refractivity contribution in [1.29, 1.82) is 0 Å². The molecule has 4 rings (SSSR count). The second kappa shape index (κ2) is 7.29. The molecule has 0 fully saturated rings. The van der Waals surface area contributed by atoms with Crippen LogP contribution < -0.4 is 4.74 Å². The number of benzene rings is 2.